The lowest BCUT2D eigenvalue weighted by atomic mass is 10.0. The Hall–Kier alpha value is -1.21. The van der Waals surface area contributed by atoms with Crippen LogP contribution in [-0.4, -0.2) is 71.2 Å². The smallest absolute Gasteiger partial charge is 0.191 e. The molecule has 0 radical (unpaired) electrons. The van der Waals surface area contributed by atoms with Crippen LogP contribution in [0.5, 0.6) is 0 Å². The topological polar surface area (TPSA) is 86.9 Å². The summed E-state index contributed by atoms with van der Waals surface area (Å²) in [7, 11) is 1.84. The summed E-state index contributed by atoms with van der Waals surface area (Å²) in [4.78, 5) is 8.45. The molecule has 0 spiro atoms. The number of aliphatic hydroxyl groups is 1. The minimum absolute atomic E-state index is 0. The molecular formula is C21H35IN6O2S. The molecular weight excluding hydrogens is 527 g/mol. The van der Waals surface area contributed by atoms with Crippen LogP contribution in [0.4, 0.5) is 0 Å². The molecule has 10 heteroatoms. The number of hydrogen-bond acceptors (Lipinski definition) is 6. The second kappa shape index (κ2) is 12.1. The summed E-state index contributed by atoms with van der Waals surface area (Å²) in [5, 5.41) is 23.9. The third-order valence-electron chi connectivity index (χ3n) is 5.26. The average molecular weight is 563 g/mol. The first kappa shape index (κ1) is 26.0. The molecule has 3 atom stereocenters. The Morgan fingerprint density at radius 1 is 1.48 bits per heavy atom. The average Bonchev–Trinajstić information content (AvgIpc) is 3.39. The van der Waals surface area contributed by atoms with Crippen LogP contribution in [0.1, 0.15) is 37.3 Å². The molecule has 3 heterocycles. The summed E-state index contributed by atoms with van der Waals surface area (Å²) in [5.74, 6) is 0.699. The maximum absolute atomic E-state index is 10.8. The minimum atomic E-state index is -1.08. The van der Waals surface area contributed by atoms with Crippen LogP contribution in [0.15, 0.2) is 34.9 Å². The number of thiophene rings is 1. The molecule has 3 rings (SSSR count). The molecule has 8 nitrogen and oxygen atoms in total. The van der Waals surface area contributed by atoms with Crippen molar-refractivity contribution < 1.29 is 9.84 Å². The van der Waals surface area contributed by atoms with Gasteiger partial charge in [0.05, 0.1) is 31.5 Å². The van der Waals surface area contributed by atoms with Gasteiger partial charge in [0.2, 0.25) is 0 Å². The highest BCUT2D eigenvalue weighted by Gasteiger charge is 2.27. The quantitative estimate of drug-likeness (QED) is 0.260. The number of nitrogens with one attached hydrogen (secondary N) is 2. The summed E-state index contributed by atoms with van der Waals surface area (Å²) in [5.41, 5.74) is -0.327. The molecule has 1 aliphatic rings. The molecule has 2 aromatic heterocycles. The fourth-order valence-corrected chi connectivity index (χ4v) is 4.44. The van der Waals surface area contributed by atoms with Gasteiger partial charge in [-0.2, -0.15) is 5.10 Å². The first-order chi connectivity index (χ1) is 14.4. The monoisotopic (exact) mass is 562 g/mol. The van der Waals surface area contributed by atoms with Crippen LogP contribution in [0.25, 0.3) is 0 Å². The number of morpholine rings is 1. The Morgan fingerprint density at radius 3 is 2.90 bits per heavy atom. The zero-order valence-corrected chi connectivity index (χ0v) is 21.9. The van der Waals surface area contributed by atoms with Crippen molar-refractivity contribution in [1.29, 1.82) is 0 Å². The number of ether oxygens (including phenoxy) is 1. The van der Waals surface area contributed by atoms with Gasteiger partial charge in [-0.05, 0) is 32.2 Å². The zero-order valence-electron chi connectivity index (χ0n) is 18.7. The Labute approximate surface area is 206 Å². The van der Waals surface area contributed by atoms with E-state index >= 15 is 0 Å². The maximum atomic E-state index is 10.8. The van der Waals surface area contributed by atoms with Crippen molar-refractivity contribution in [2.24, 2.45) is 12.0 Å². The fraction of sp³-hybridized carbons (Fsp3) is 0.619. The highest BCUT2D eigenvalue weighted by atomic mass is 127. The largest absolute Gasteiger partial charge is 0.383 e. The standard InChI is InChI=1S/C21H34N6O2S.HI/c1-5-22-20(24-15-21(3,28)17-11-25-26(4)14-17)23-12-18(19-7-6-10-30-19)27-8-9-29-16(2)13-27;/h6-7,10-11,14,16,18,28H,5,8-9,12-13,15H2,1-4H3,(H2,22,23,24);1H. The highest BCUT2D eigenvalue weighted by Crippen LogP contribution is 2.26. The molecule has 2 aromatic rings. The van der Waals surface area contributed by atoms with Crippen LogP contribution >= 0.6 is 35.3 Å². The Bertz CT molecular complexity index is 811. The normalized spacial score (nSPS) is 20.5. The number of aromatic nitrogens is 2. The van der Waals surface area contributed by atoms with Gasteiger partial charge in [-0.3, -0.25) is 9.58 Å². The molecule has 0 amide bonds. The van der Waals surface area contributed by atoms with Crippen LogP contribution in [0, 0.1) is 0 Å². The van der Waals surface area contributed by atoms with Gasteiger partial charge in [0.1, 0.15) is 5.60 Å². The second-order valence-electron chi connectivity index (χ2n) is 7.96. The molecule has 0 saturated carbocycles. The third-order valence-corrected chi connectivity index (χ3v) is 6.24. The van der Waals surface area contributed by atoms with Crippen LogP contribution < -0.4 is 10.6 Å². The first-order valence-corrected chi connectivity index (χ1v) is 11.4. The summed E-state index contributed by atoms with van der Waals surface area (Å²) in [6.45, 7) is 10.2. The molecule has 0 aliphatic carbocycles. The number of rotatable bonds is 8. The number of aliphatic imine (C=N–C) groups is 1. The zero-order chi connectivity index (χ0) is 21.6. The van der Waals surface area contributed by atoms with Gasteiger partial charge in [-0.25, -0.2) is 4.99 Å². The molecule has 0 aromatic carbocycles. The number of nitrogens with zero attached hydrogens (tertiary/aromatic N) is 4. The van der Waals surface area contributed by atoms with Crippen LogP contribution in [0.3, 0.4) is 0 Å². The van der Waals surface area contributed by atoms with Crippen molar-refractivity contribution in [3.8, 4) is 0 Å². The highest BCUT2D eigenvalue weighted by molar-refractivity contribution is 14.0. The van der Waals surface area contributed by atoms with Gasteiger partial charge in [-0.15, -0.1) is 35.3 Å². The van der Waals surface area contributed by atoms with Gasteiger partial charge in [0.15, 0.2) is 5.96 Å². The number of guanidine groups is 1. The lowest BCUT2D eigenvalue weighted by molar-refractivity contribution is -0.0334. The summed E-state index contributed by atoms with van der Waals surface area (Å²) in [6, 6.07) is 4.54. The SMILES string of the molecule is CCNC(=NCC(C)(O)c1cnn(C)c1)NCC(c1cccs1)N1CCOC(C)C1.I. The van der Waals surface area contributed by atoms with E-state index < -0.39 is 5.60 Å². The maximum Gasteiger partial charge on any atom is 0.191 e. The van der Waals surface area contributed by atoms with E-state index in [1.807, 2.05) is 20.2 Å². The van der Waals surface area contributed by atoms with Crippen LogP contribution in [0.2, 0.25) is 0 Å². The second-order valence-corrected chi connectivity index (χ2v) is 8.94. The first-order valence-electron chi connectivity index (χ1n) is 10.5. The fourth-order valence-electron chi connectivity index (χ4n) is 3.58. The molecule has 3 unspecified atom stereocenters. The Balaban J connectivity index is 0.00000341. The molecule has 31 heavy (non-hydrogen) atoms. The number of halogens is 1. The summed E-state index contributed by atoms with van der Waals surface area (Å²) < 4.78 is 7.42. The molecule has 1 saturated heterocycles. The lowest BCUT2D eigenvalue weighted by Gasteiger charge is -2.37. The summed E-state index contributed by atoms with van der Waals surface area (Å²) >= 11 is 1.78. The van der Waals surface area contributed by atoms with E-state index in [4.69, 9.17) is 4.74 Å². The van der Waals surface area contributed by atoms with E-state index in [1.165, 1.54) is 4.88 Å². The van der Waals surface area contributed by atoms with Gasteiger partial charge in [0.25, 0.3) is 0 Å². The molecule has 1 aliphatic heterocycles. The number of hydrogen-bond donors (Lipinski definition) is 3. The molecule has 174 valence electrons. The van der Waals surface area contributed by atoms with E-state index in [0.717, 1.165) is 38.3 Å². The van der Waals surface area contributed by atoms with Crippen molar-refractivity contribution in [2.45, 2.75) is 38.5 Å². The van der Waals surface area contributed by atoms with Crippen molar-refractivity contribution in [3.63, 3.8) is 0 Å². The van der Waals surface area contributed by atoms with E-state index in [0.29, 0.717) is 5.96 Å². The predicted molar refractivity (Wildman–Crippen MR) is 136 cm³/mol. The van der Waals surface area contributed by atoms with Crippen molar-refractivity contribution in [3.05, 3.63) is 40.3 Å². The Kier molecular flexibility index (Phi) is 10.2. The van der Waals surface area contributed by atoms with E-state index in [-0.39, 0.29) is 42.7 Å². The lowest BCUT2D eigenvalue weighted by Crippen LogP contribution is -2.48. The predicted octanol–water partition coefficient (Wildman–Crippen LogP) is 2.32. The van der Waals surface area contributed by atoms with Gasteiger partial charge in [-0.1, -0.05) is 6.07 Å². The van der Waals surface area contributed by atoms with Gasteiger partial charge < -0.3 is 20.5 Å². The third kappa shape index (κ3) is 7.41. The molecule has 1 fully saturated rings. The van der Waals surface area contributed by atoms with Crippen molar-refractivity contribution in [1.82, 2.24) is 25.3 Å². The van der Waals surface area contributed by atoms with Crippen LogP contribution in [-0.2, 0) is 17.4 Å². The summed E-state index contributed by atoms with van der Waals surface area (Å²) in [6.07, 6.45) is 3.74. The Morgan fingerprint density at radius 2 is 2.29 bits per heavy atom. The molecule has 0 bridgehead atoms. The van der Waals surface area contributed by atoms with Gasteiger partial charge in [0, 0.05) is 49.9 Å². The molecule has 3 N–H and O–H groups in total. The van der Waals surface area contributed by atoms with E-state index in [1.54, 1.807) is 29.1 Å². The minimum Gasteiger partial charge on any atom is -0.383 e. The van der Waals surface area contributed by atoms with E-state index in [9.17, 15) is 5.11 Å². The van der Waals surface area contributed by atoms with Crippen molar-refractivity contribution in [2.75, 3.05) is 39.3 Å². The van der Waals surface area contributed by atoms with E-state index in [2.05, 4.69) is 50.1 Å². The van der Waals surface area contributed by atoms with Crippen molar-refractivity contribution >= 4 is 41.3 Å². The number of aryl methyl sites for hydroxylation is 1. The van der Waals surface area contributed by atoms with Gasteiger partial charge >= 0.3 is 0 Å².